The number of halogens is 6. The number of aliphatic hydroxyl groups is 2. The number of nitrogens with zero attached hydrogens (tertiary/aromatic N) is 7. The third kappa shape index (κ3) is 6.17. The topological polar surface area (TPSA) is 150 Å². The van der Waals surface area contributed by atoms with Crippen LogP contribution >= 0.6 is 35.6 Å². The van der Waals surface area contributed by atoms with E-state index in [4.69, 9.17) is 28.9 Å². The van der Waals surface area contributed by atoms with Gasteiger partial charge in [-0.1, -0.05) is 23.2 Å². The molecule has 0 fully saturated rings. The molecule has 17 heteroatoms. The van der Waals surface area contributed by atoms with Crippen LogP contribution in [0.1, 0.15) is 17.7 Å². The largest absolute Gasteiger partial charge is 0.416 e. The van der Waals surface area contributed by atoms with E-state index < -0.39 is 37.2 Å². The normalized spacial score (nSPS) is 13.3. The molecule has 4 rings (SSSR count). The number of nitrogens with two attached hydrogens (primary N) is 1. The molecule has 0 saturated carbocycles. The Morgan fingerprint density at radius 1 is 1.11 bits per heavy atom. The van der Waals surface area contributed by atoms with Gasteiger partial charge in [0.1, 0.15) is 6.54 Å². The minimum Gasteiger partial charge on any atom is -0.394 e. The molecule has 38 heavy (non-hydrogen) atoms. The Labute approximate surface area is 228 Å². The van der Waals surface area contributed by atoms with Gasteiger partial charge in [-0.05, 0) is 36.4 Å². The van der Waals surface area contributed by atoms with Gasteiger partial charge in [0, 0.05) is 16.8 Å². The Hall–Kier alpha value is -3.01. The van der Waals surface area contributed by atoms with Gasteiger partial charge in [-0.25, -0.2) is 19.4 Å². The van der Waals surface area contributed by atoms with Gasteiger partial charge in [0.25, 0.3) is 0 Å². The Morgan fingerprint density at radius 2 is 1.79 bits per heavy atom. The third-order valence-corrected chi connectivity index (χ3v) is 5.74. The van der Waals surface area contributed by atoms with Crippen LogP contribution in [0.15, 0.2) is 47.4 Å². The molecule has 4 N–H and O–H groups in total. The first kappa shape index (κ1) is 29.5. The maximum atomic E-state index is 13.1. The van der Waals surface area contributed by atoms with E-state index in [2.05, 4.69) is 20.2 Å². The molecular formula is C21H20Cl3F3N8O3. The molecule has 11 nitrogen and oxygen atoms in total. The van der Waals surface area contributed by atoms with Crippen molar-refractivity contribution in [2.45, 2.75) is 31.4 Å². The molecule has 0 amide bonds. The highest BCUT2D eigenvalue weighted by atomic mass is 35.5. The molecule has 2 atom stereocenters. The second-order valence-corrected chi connectivity index (χ2v) is 8.68. The average molecular weight is 596 g/mol. The van der Waals surface area contributed by atoms with Crippen molar-refractivity contribution < 1.29 is 23.4 Å². The lowest BCUT2D eigenvalue weighted by molar-refractivity contribution is -0.207. The van der Waals surface area contributed by atoms with E-state index in [1.54, 1.807) is 12.1 Å². The zero-order valence-electron chi connectivity index (χ0n) is 19.1. The van der Waals surface area contributed by atoms with Gasteiger partial charge >= 0.3 is 11.9 Å². The molecule has 0 spiro atoms. The number of alkyl halides is 3. The number of hydrogen-bond donors (Lipinski definition) is 3. The van der Waals surface area contributed by atoms with Crippen LogP contribution < -0.4 is 11.4 Å². The number of benzene rings is 1. The highest BCUT2D eigenvalue weighted by molar-refractivity contribution is 6.32. The van der Waals surface area contributed by atoms with Gasteiger partial charge < -0.3 is 15.9 Å². The first-order valence-electron chi connectivity index (χ1n) is 10.6. The van der Waals surface area contributed by atoms with E-state index in [1.165, 1.54) is 35.1 Å². The number of pyridine rings is 1. The monoisotopic (exact) mass is 594 g/mol. The van der Waals surface area contributed by atoms with E-state index in [-0.39, 0.29) is 52.8 Å². The molecule has 0 aliphatic heterocycles. The molecule has 1 aromatic carbocycles. The Bertz CT molecular complexity index is 1460. The summed E-state index contributed by atoms with van der Waals surface area (Å²) in [7, 11) is 0. The fourth-order valence-corrected chi connectivity index (χ4v) is 3.71. The Balaban J connectivity index is 0.00000400. The standard InChI is InChI=1S/C21H19Cl2F3N8O3.ClH/c22-12-5-3-11(4-6-12)17-31-33(20(37)32(17)8-15(36)21(24,25)26)9-16-29-19(14(27)10-35)34(30-16)18-13(23)2-1-7-28-18;/h1-7,14-15,35-36H,8-10,27H2;1H. The first-order valence-corrected chi connectivity index (χ1v) is 11.4. The second-order valence-electron chi connectivity index (χ2n) is 7.83. The molecule has 0 aliphatic rings. The maximum Gasteiger partial charge on any atom is 0.416 e. The van der Waals surface area contributed by atoms with Crippen LogP contribution in [0.3, 0.4) is 0 Å². The van der Waals surface area contributed by atoms with Crippen molar-refractivity contribution in [3.8, 4) is 17.2 Å². The molecule has 2 unspecified atom stereocenters. The van der Waals surface area contributed by atoms with E-state index in [9.17, 15) is 28.2 Å². The maximum absolute atomic E-state index is 13.1. The molecule has 0 saturated heterocycles. The van der Waals surface area contributed by atoms with Crippen LogP contribution in [0.2, 0.25) is 10.0 Å². The van der Waals surface area contributed by atoms with Crippen molar-refractivity contribution in [2.24, 2.45) is 5.73 Å². The van der Waals surface area contributed by atoms with E-state index >= 15 is 0 Å². The van der Waals surface area contributed by atoms with Crippen molar-refractivity contribution in [3.63, 3.8) is 0 Å². The molecule has 0 aliphatic carbocycles. The Kier molecular flexibility index (Phi) is 9.17. The van der Waals surface area contributed by atoms with Gasteiger partial charge in [-0.3, -0.25) is 4.57 Å². The molecule has 204 valence electrons. The van der Waals surface area contributed by atoms with Crippen molar-refractivity contribution in [1.82, 2.24) is 34.1 Å². The minimum absolute atomic E-state index is 0. The zero-order chi connectivity index (χ0) is 26.9. The number of aromatic nitrogens is 7. The van der Waals surface area contributed by atoms with Crippen molar-refractivity contribution in [2.75, 3.05) is 6.61 Å². The lowest BCUT2D eigenvalue weighted by atomic mass is 10.2. The molecule has 3 aromatic heterocycles. The lowest BCUT2D eigenvalue weighted by Gasteiger charge is -2.15. The van der Waals surface area contributed by atoms with Gasteiger partial charge in [-0.15, -0.1) is 22.6 Å². The highest BCUT2D eigenvalue weighted by Gasteiger charge is 2.39. The van der Waals surface area contributed by atoms with Gasteiger partial charge in [-0.2, -0.15) is 17.9 Å². The smallest absolute Gasteiger partial charge is 0.394 e. The molecule has 0 radical (unpaired) electrons. The van der Waals surface area contributed by atoms with Crippen LogP contribution in [0.25, 0.3) is 17.2 Å². The minimum atomic E-state index is -4.96. The summed E-state index contributed by atoms with van der Waals surface area (Å²) in [5, 5.41) is 28.2. The summed E-state index contributed by atoms with van der Waals surface area (Å²) in [6.07, 6.45) is -6.32. The van der Waals surface area contributed by atoms with E-state index in [1.807, 2.05) is 0 Å². The summed E-state index contributed by atoms with van der Waals surface area (Å²) in [6, 6.07) is 8.06. The van der Waals surface area contributed by atoms with Crippen molar-refractivity contribution in [3.05, 3.63) is 74.8 Å². The van der Waals surface area contributed by atoms with Crippen LogP contribution in [-0.2, 0) is 13.1 Å². The average Bonchev–Trinajstić information content (AvgIpc) is 3.40. The van der Waals surface area contributed by atoms with Crippen molar-refractivity contribution in [1.29, 1.82) is 0 Å². The summed E-state index contributed by atoms with van der Waals surface area (Å²) in [5.74, 6) is 0.0988. The van der Waals surface area contributed by atoms with Gasteiger partial charge in [0.15, 0.2) is 29.4 Å². The SMILES string of the molecule is Cl.NC(CO)c1nc(Cn2nc(-c3ccc(Cl)cc3)n(CC(O)C(F)(F)F)c2=O)nn1-c1ncccc1Cl. The molecule has 3 heterocycles. The number of rotatable bonds is 8. The Morgan fingerprint density at radius 3 is 2.39 bits per heavy atom. The molecule has 4 aromatic rings. The van der Waals surface area contributed by atoms with Crippen molar-refractivity contribution >= 4 is 35.6 Å². The highest BCUT2D eigenvalue weighted by Crippen LogP contribution is 2.24. The fraction of sp³-hybridized carbons (Fsp3) is 0.286. The van der Waals surface area contributed by atoms with Gasteiger partial charge in [0.05, 0.1) is 24.2 Å². The third-order valence-electron chi connectivity index (χ3n) is 5.19. The zero-order valence-corrected chi connectivity index (χ0v) is 21.5. The summed E-state index contributed by atoms with van der Waals surface area (Å²) >= 11 is 12.1. The van der Waals surface area contributed by atoms with Crippen LogP contribution in [0.5, 0.6) is 0 Å². The fourth-order valence-electron chi connectivity index (χ4n) is 3.38. The van der Waals surface area contributed by atoms with E-state index in [0.29, 0.717) is 9.59 Å². The summed E-state index contributed by atoms with van der Waals surface area (Å²) in [5.41, 5.74) is 5.29. The quantitative estimate of drug-likeness (QED) is 0.281. The van der Waals surface area contributed by atoms with Crippen LogP contribution in [0.4, 0.5) is 13.2 Å². The van der Waals surface area contributed by atoms with Crippen LogP contribution in [0, 0.1) is 0 Å². The van der Waals surface area contributed by atoms with Gasteiger partial charge in [0.2, 0.25) is 0 Å². The summed E-state index contributed by atoms with van der Waals surface area (Å²) in [6.45, 7) is -1.96. The van der Waals surface area contributed by atoms with Crippen LogP contribution in [-0.4, -0.2) is 63.2 Å². The number of aliphatic hydroxyl groups excluding tert-OH is 2. The second kappa shape index (κ2) is 11.8. The first-order chi connectivity index (χ1) is 17.5. The number of hydrogen-bond acceptors (Lipinski definition) is 8. The van der Waals surface area contributed by atoms with E-state index in [0.717, 1.165) is 4.68 Å². The summed E-state index contributed by atoms with van der Waals surface area (Å²) in [4.78, 5) is 21.5. The predicted octanol–water partition coefficient (Wildman–Crippen LogP) is 2.38. The summed E-state index contributed by atoms with van der Waals surface area (Å²) < 4.78 is 42.0. The molecule has 0 bridgehead atoms. The lowest BCUT2D eigenvalue weighted by Crippen LogP contribution is -2.37. The predicted molar refractivity (Wildman–Crippen MR) is 134 cm³/mol. The molecular weight excluding hydrogens is 576 g/mol.